The molecule has 0 aliphatic rings. The average molecular weight is 340 g/mol. The molecule has 0 aliphatic heterocycles. The summed E-state index contributed by atoms with van der Waals surface area (Å²) in [5.74, 6) is 0. The highest BCUT2D eigenvalue weighted by Crippen LogP contribution is 2.29. The van der Waals surface area contributed by atoms with Crippen LogP contribution in [0.4, 0.5) is 0 Å². The van der Waals surface area contributed by atoms with Crippen LogP contribution in [0, 0.1) is 0 Å². The van der Waals surface area contributed by atoms with Crippen molar-refractivity contribution in [1.29, 1.82) is 0 Å². The Morgan fingerprint density at radius 3 is 2.74 bits per heavy atom. The lowest BCUT2D eigenvalue weighted by atomic mass is 10.1. The summed E-state index contributed by atoms with van der Waals surface area (Å²) in [5.41, 5.74) is 2.95. The van der Waals surface area contributed by atoms with Gasteiger partial charge in [-0.2, -0.15) is 5.10 Å². The quantitative estimate of drug-likeness (QED) is 0.512. The number of fused-ring (bicyclic) bond motifs is 1. The Morgan fingerprint density at radius 2 is 1.96 bits per heavy atom. The minimum absolute atomic E-state index is 0.536. The van der Waals surface area contributed by atoms with Crippen LogP contribution < -0.4 is 0 Å². The molecule has 4 nitrogen and oxygen atoms in total. The fourth-order valence-electron chi connectivity index (χ4n) is 2.38. The molecule has 0 bridgehead atoms. The summed E-state index contributed by atoms with van der Waals surface area (Å²) < 4.78 is 2.63. The zero-order valence-corrected chi connectivity index (χ0v) is 13.4. The zero-order chi connectivity index (χ0) is 15.8. The van der Waals surface area contributed by atoms with Gasteiger partial charge in [0, 0.05) is 16.8 Å². The van der Waals surface area contributed by atoms with Gasteiger partial charge >= 0.3 is 0 Å². The first-order chi connectivity index (χ1) is 11.2. The fourth-order valence-corrected chi connectivity index (χ4v) is 3.54. The highest BCUT2D eigenvalue weighted by molar-refractivity contribution is 7.20. The summed E-state index contributed by atoms with van der Waals surface area (Å²) in [7, 11) is 0. The number of hydrogen-bond donors (Lipinski definition) is 0. The van der Waals surface area contributed by atoms with E-state index in [0.717, 1.165) is 22.1 Å². The summed E-state index contributed by atoms with van der Waals surface area (Å²) in [6.07, 6.45) is 2.52. The van der Waals surface area contributed by atoms with Crippen molar-refractivity contribution in [2.45, 2.75) is 0 Å². The maximum Gasteiger partial charge on any atom is 0.211 e. The molecular weight excluding hydrogens is 330 g/mol. The summed E-state index contributed by atoms with van der Waals surface area (Å²) >= 11 is 7.50. The second-order valence-corrected chi connectivity index (χ2v) is 6.42. The van der Waals surface area contributed by atoms with Crippen LogP contribution in [0.1, 0.15) is 10.4 Å². The topological polar surface area (TPSA) is 47.8 Å². The third-order valence-electron chi connectivity index (χ3n) is 3.45. The number of carbonyl (C=O) groups excluding carboxylic acids is 1. The summed E-state index contributed by atoms with van der Waals surface area (Å²) in [6, 6.07) is 15.2. The molecule has 2 heterocycles. The Kier molecular flexibility index (Phi) is 3.44. The molecule has 4 rings (SSSR count). The third-order valence-corrected chi connectivity index (χ3v) is 4.69. The van der Waals surface area contributed by atoms with Gasteiger partial charge < -0.3 is 0 Å². The van der Waals surface area contributed by atoms with Gasteiger partial charge in [-0.3, -0.25) is 4.79 Å². The summed E-state index contributed by atoms with van der Waals surface area (Å²) in [6.45, 7) is 0. The number of nitrogens with zero attached hydrogens (tertiary/aromatic N) is 3. The van der Waals surface area contributed by atoms with Gasteiger partial charge in [-0.25, -0.2) is 9.67 Å². The van der Waals surface area contributed by atoms with Crippen LogP contribution in [0.15, 0.2) is 54.7 Å². The van der Waals surface area contributed by atoms with Crippen LogP contribution in [0.2, 0.25) is 5.02 Å². The van der Waals surface area contributed by atoms with Crippen molar-refractivity contribution in [3.8, 4) is 16.4 Å². The van der Waals surface area contributed by atoms with Gasteiger partial charge in [-0.15, -0.1) is 0 Å². The van der Waals surface area contributed by atoms with E-state index in [0.29, 0.717) is 21.4 Å². The second kappa shape index (κ2) is 5.61. The van der Waals surface area contributed by atoms with Crippen molar-refractivity contribution in [3.63, 3.8) is 0 Å². The highest BCUT2D eigenvalue weighted by atomic mass is 35.5. The Balaban J connectivity index is 1.85. The van der Waals surface area contributed by atoms with E-state index in [1.54, 1.807) is 10.9 Å². The standard InChI is InChI=1S/C17H10ClN3OS/c18-13-6-7-14-15(8-13)23-17(19-14)21-9-12(10-22)16(20-21)11-4-2-1-3-5-11/h1-10H. The molecule has 0 unspecified atom stereocenters. The van der Waals surface area contributed by atoms with Gasteiger partial charge in [0.15, 0.2) is 6.29 Å². The Labute approximate surface area is 141 Å². The maximum atomic E-state index is 11.4. The number of rotatable bonds is 3. The van der Waals surface area contributed by atoms with Gasteiger partial charge in [0.2, 0.25) is 5.13 Å². The number of halogens is 1. The molecule has 0 N–H and O–H groups in total. The van der Waals surface area contributed by atoms with E-state index in [1.165, 1.54) is 11.3 Å². The van der Waals surface area contributed by atoms with E-state index in [1.807, 2.05) is 48.5 Å². The van der Waals surface area contributed by atoms with Gasteiger partial charge in [0.05, 0.1) is 15.8 Å². The van der Waals surface area contributed by atoms with E-state index in [-0.39, 0.29) is 0 Å². The van der Waals surface area contributed by atoms with Crippen molar-refractivity contribution in [1.82, 2.24) is 14.8 Å². The van der Waals surface area contributed by atoms with Crippen LogP contribution in [0.25, 0.3) is 26.6 Å². The summed E-state index contributed by atoms with van der Waals surface area (Å²) in [4.78, 5) is 15.9. The first-order valence-corrected chi connectivity index (χ1v) is 8.11. The average Bonchev–Trinajstić information content (AvgIpc) is 3.18. The molecule has 0 amide bonds. The first-order valence-electron chi connectivity index (χ1n) is 6.91. The Hall–Kier alpha value is -2.50. The van der Waals surface area contributed by atoms with E-state index in [2.05, 4.69) is 10.1 Å². The number of benzene rings is 2. The Bertz CT molecular complexity index is 1010. The number of hydrogen-bond acceptors (Lipinski definition) is 4. The van der Waals surface area contributed by atoms with Crippen LogP contribution in [0.3, 0.4) is 0 Å². The van der Waals surface area contributed by atoms with Crippen LogP contribution in [-0.2, 0) is 0 Å². The molecule has 0 saturated heterocycles. The van der Waals surface area contributed by atoms with Crippen molar-refractivity contribution in [3.05, 3.63) is 65.3 Å². The van der Waals surface area contributed by atoms with E-state index in [9.17, 15) is 4.79 Å². The minimum Gasteiger partial charge on any atom is -0.298 e. The van der Waals surface area contributed by atoms with Crippen molar-refractivity contribution >= 4 is 39.4 Å². The fraction of sp³-hybridized carbons (Fsp3) is 0. The largest absolute Gasteiger partial charge is 0.298 e. The third kappa shape index (κ3) is 2.54. The predicted molar refractivity (Wildman–Crippen MR) is 92.6 cm³/mol. The molecule has 112 valence electrons. The van der Waals surface area contributed by atoms with Crippen molar-refractivity contribution in [2.24, 2.45) is 0 Å². The second-order valence-electron chi connectivity index (χ2n) is 4.97. The molecule has 2 aromatic heterocycles. The smallest absolute Gasteiger partial charge is 0.211 e. The SMILES string of the molecule is O=Cc1cn(-c2nc3ccc(Cl)cc3s2)nc1-c1ccccc1. The van der Waals surface area contributed by atoms with Gasteiger partial charge in [-0.05, 0) is 18.2 Å². The molecule has 0 aliphatic carbocycles. The van der Waals surface area contributed by atoms with Crippen molar-refractivity contribution in [2.75, 3.05) is 0 Å². The van der Waals surface area contributed by atoms with Gasteiger partial charge in [0.1, 0.15) is 5.69 Å². The summed E-state index contributed by atoms with van der Waals surface area (Å²) in [5, 5.41) is 5.91. The molecule has 0 atom stereocenters. The van der Waals surface area contributed by atoms with Crippen LogP contribution in [0.5, 0.6) is 0 Å². The lowest BCUT2D eigenvalue weighted by molar-refractivity contribution is 0.112. The molecule has 2 aromatic carbocycles. The zero-order valence-electron chi connectivity index (χ0n) is 11.8. The molecule has 0 saturated carbocycles. The lowest BCUT2D eigenvalue weighted by Crippen LogP contribution is -1.93. The highest BCUT2D eigenvalue weighted by Gasteiger charge is 2.14. The Morgan fingerprint density at radius 1 is 1.13 bits per heavy atom. The van der Waals surface area contributed by atoms with Crippen LogP contribution >= 0.6 is 22.9 Å². The first kappa shape index (κ1) is 14.1. The number of thiazole rings is 1. The number of carbonyl (C=O) groups is 1. The van der Waals surface area contributed by atoms with Gasteiger partial charge in [0.25, 0.3) is 0 Å². The maximum absolute atomic E-state index is 11.4. The van der Waals surface area contributed by atoms with Gasteiger partial charge in [-0.1, -0.05) is 53.3 Å². The molecule has 0 fully saturated rings. The van der Waals surface area contributed by atoms with Crippen LogP contribution in [-0.4, -0.2) is 21.1 Å². The molecule has 0 radical (unpaired) electrons. The molecule has 23 heavy (non-hydrogen) atoms. The lowest BCUT2D eigenvalue weighted by Gasteiger charge is -1.96. The number of aromatic nitrogens is 3. The predicted octanol–water partition coefficient (Wildman–Crippen LogP) is 4.61. The van der Waals surface area contributed by atoms with E-state index < -0.39 is 0 Å². The molecular formula is C17H10ClN3OS. The van der Waals surface area contributed by atoms with E-state index in [4.69, 9.17) is 11.6 Å². The van der Waals surface area contributed by atoms with Crippen molar-refractivity contribution < 1.29 is 4.79 Å². The van der Waals surface area contributed by atoms with E-state index >= 15 is 0 Å². The molecule has 0 spiro atoms. The molecule has 4 aromatic rings. The molecule has 6 heteroatoms. The monoisotopic (exact) mass is 339 g/mol. The minimum atomic E-state index is 0.536. The normalized spacial score (nSPS) is 11.0. The number of aldehydes is 1.